The second kappa shape index (κ2) is 15.4. The summed E-state index contributed by atoms with van der Waals surface area (Å²) in [6, 6.07) is 16.4. The molecular formula is C28H37N3O4S2. The van der Waals surface area contributed by atoms with Crippen LogP contribution in [0.1, 0.15) is 66.9 Å². The largest absolute Gasteiger partial charge is 0.447 e. The number of nitrogens with one attached hydrogen (secondary N) is 2. The first-order valence-electron chi connectivity index (χ1n) is 12.7. The van der Waals surface area contributed by atoms with Gasteiger partial charge in [-0.2, -0.15) is 0 Å². The van der Waals surface area contributed by atoms with Gasteiger partial charge >= 0.3 is 12.1 Å². The molecule has 0 saturated heterocycles. The topological polar surface area (TPSA) is 90.9 Å². The van der Waals surface area contributed by atoms with Gasteiger partial charge in [0.25, 0.3) is 0 Å². The molecule has 3 atom stereocenters. The van der Waals surface area contributed by atoms with Gasteiger partial charge in [-0.25, -0.2) is 9.59 Å². The lowest BCUT2D eigenvalue weighted by Gasteiger charge is -2.29. The molecule has 3 rings (SSSR count). The molecule has 2 heterocycles. The Morgan fingerprint density at radius 1 is 1.00 bits per heavy atom. The van der Waals surface area contributed by atoms with Gasteiger partial charge in [0.05, 0.1) is 24.7 Å². The number of hydrogen-bond acceptors (Lipinski definition) is 6. The van der Waals surface area contributed by atoms with Gasteiger partial charge in [0.15, 0.2) is 0 Å². The maximum atomic E-state index is 13.3. The Kier molecular flexibility index (Phi) is 11.9. The van der Waals surface area contributed by atoms with E-state index in [1.807, 2.05) is 72.3 Å². The molecule has 3 aromatic rings. The van der Waals surface area contributed by atoms with E-state index >= 15 is 0 Å². The second-order valence-electron chi connectivity index (χ2n) is 8.91. The number of carbonyl (C=O) groups is 2. The molecule has 0 radical (unpaired) electrons. The summed E-state index contributed by atoms with van der Waals surface area (Å²) in [6.07, 6.45) is 2.56. The standard InChI is InChI=1S/C28H37N3O4S2/c1-3-4-12-23(29-27(33)30-25(15-16-32)22-10-6-5-7-11-22)20-35-28(34)31(19-24-13-8-17-36-24)21(2)26-14-9-18-37-26/h5-11,13-14,17-18,21,23,25,32H,3-4,12,15-16,19-20H2,1-2H3,(H2,29,30,33)/t21?,23-,25?/m0/s1. The first kappa shape index (κ1) is 28.7. The zero-order valence-corrected chi connectivity index (χ0v) is 23.1. The van der Waals surface area contributed by atoms with Crippen molar-refractivity contribution in [2.45, 2.75) is 64.2 Å². The van der Waals surface area contributed by atoms with E-state index in [0.717, 1.165) is 28.2 Å². The minimum atomic E-state index is -0.402. The van der Waals surface area contributed by atoms with E-state index in [-0.39, 0.29) is 37.4 Å². The quantitative estimate of drug-likeness (QED) is 0.217. The Balaban J connectivity index is 1.63. The highest BCUT2D eigenvalue weighted by molar-refractivity contribution is 7.10. The number of amides is 3. The number of nitrogens with zero attached hydrogens (tertiary/aromatic N) is 1. The van der Waals surface area contributed by atoms with Gasteiger partial charge in [0.1, 0.15) is 6.61 Å². The SMILES string of the molecule is CCCC[C@@H](COC(=O)N(Cc1cccs1)C(C)c1cccs1)NC(=O)NC(CCO)c1ccccc1. The number of aliphatic hydroxyl groups excluding tert-OH is 1. The molecule has 200 valence electrons. The smallest absolute Gasteiger partial charge is 0.410 e. The van der Waals surface area contributed by atoms with Gasteiger partial charge < -0.3 is 20.5 Å². The molecule has 37 heavy (non-hydrogen) atoms. The molecule has 0 bridgehead atoms. The van der Waals surface area contributed by atoms with Crippen LogP contribution in [0, 0.1) is 0 Å². The van der Waals surface area contributed by atoms with E-state index in [4.69, 9.17) is 4.74 Å². The Morgan fingerprint density at radius 3 is 2.41 bits per heavy atom. The minimum Gasteiger partial charge on any atom is -0.447 e. The van der Waals surface area contributed by atoms with E-state index in [2.05, 4.69) is 17.6 Å². The van der Waals surface area contributed by atoms with Crippen molar-refractivity contribution in [1.82, 2.24) is 15.5 Å². The predicted octanol–water partition coefficient (Wildman–Crippen LogP) is 6.49. The van der Waals surface area contributed by atoms with E-state index in [1.54, 1.807) is 27.6 Å². The summed E-state index contributed by atoms with van der Waals surface area (Å²) in [5, 5.41) is 19.4. The summed E-state index contributed by atoms with van der Waals surface area (Å²) in [6.45, 7) is 4.59. The summed E-state index contributed by atoms with van der Waals surface area (Å²) < 4.78 is 5.78. The van der Waals surface area contributed by atoms with Crippen molar-refractivity contribution in [2.24, 2.45) is 0 Å². The number of benzene rings is 1. The van der Waals surface area contributed by atoms with Gasteiger partial charge in [0.2, 0.25) is 0 Å². The molecule has 3 N–H and O–H groups in total. The second-order valence-corrected chi connectivity index (χ2v) is 10.9. The van der Waals surface area contributed by atoms with Crippen molar-refractivity contribution < 1.29 is 19.4 Å². The fourth-order valence-corrected chi connectivity index (χ4v) is 5.54. The molecule has 7 nitrogen and oxygen atoms in total. The van der Waals surface area contributed by atoms with Crippen molar-refractivity contribution in [3.05, 3.63) is 80.7 Å². The zero-order valence-electron chi connectivity index (χ0n) is 21.5. The highest BCUT2D eigenvalue weighted by atomic mass is 32.1. The molecule has 2 aromatic heterocycles. The van der Waals surface area contributed by atoms with Crippen LogP contribution in [0.3, 0.4) is 0 Å². The zero-order chi connectivity index (χ0) is 26.5. The molecule has 3 amide bonds. The average Bonchev–Trinajstić information content (AvgIpc) is 3.63. The number of hydrogen-bond donors (Lipinski definition) is 3. The molecule has 1 aromatic carbocycles. The predicted molar refractivity (Wildman–Crippen MR) is 150 cm³/mol. The number of ether oxygens (including phenoxy) is 1. The Bertz CT molecular complexity index is 1040. The van der Waals surface area contributed by atoms with Crippen molar-refractivity contribution in [1.29, 1.82) is 0 Å². The van der Waals surface area contributed by atoms with Crippen LogP contribution in [-0.2, 0) is 11.3 Å². The van der Waals surface area contributed by atoms with E-state index in [0.29, 0.717) is 19.4 Å². The van der Waals surface area contributed by atoms with E-state index in [9.17, 15) is 14.7 Å². The third-order valence-electron chi connectivity index (χ3n) is 6.14. The summed E-state index contributed by atoms with van der Waals surface area (Å²) in [5.74, 6) is 0. The van der Waals surface area contributed by atoms with Crippen molar-refractivity contribution >= 4 is 34.8 Å². The minimum absolute atomic E-state index is 0.0424. The number of aliphatic hydroxyl groups is 1. The first-order chi connectivity index (χ1) is 18.0. The molecule has 0 aliphatic rings. The first-order valence-corrected chi connectivity index (χ1v) is 14.5. The van der Waals surface area contributed by atoms with E-state index < -0.39 is 6.09 Å². The summed E-state index contributed by atoms with van der Waals surface area (Å²) >= 11 is 3.22. The number of rotatable bonds is 14. The van der Waals surface area contributed by atoms with Gasteiger partial charge in [-0.3, -0.25) is 4.90 Å². The number of carbonyl (C=O) groups excluding carboxylic acids is 2. The molecule has 2 unspecified atom stereocenters. The fourth-order valence-electron chi connectivity index (χ4n) is 4.04. The molecule has 0 aliphatic heterocycles. The highest BCUT2D eigenvalue weighted by Gasteiger charge is 2.26. The third kappa shape index (κ3) is 9.18. The van der Waals surface area contributed by atoms with Gasteiger partial charge in [-0.1, -0.05) is 62.2 Å². The summed E-state index contributed by atoms with van der Waals surface area (Å²) in [4.78, 5) is 30.1. The van der Waals surface area contributed by atoms with Crippen LogP contribution in [0.15, 0.2) is 65.4 Å². The van der Waals surface area contributed by atoms with Crippen LogP contribution >= 0.6 is 22.7 Å². The molecule has 0 spiro atoms. The average molecular weight is 544 g/mol. The number of urea groups is 1. The van der Waals surface area contributed by atoms with Crippen molar-refractivity contribution in [2.75, 3.05) is 13.2 Å². The molecule has 0 saturated carbocycles. The van der Waals surface area contributed by atoms with Crippen molar-refractivity contribution in [3.8, 4) is 0 Å². The van der Waals surface area contributed by atoms with Crippen LogP contribution in [0.2, 0.25) is 0 Å². The lowest BCUT2D eigenvalue weighted by molar-refractivity contribution is 0.0777. The van der Waals surface area contributed by atoms with Gasteiger partial charge in [0, 0.05) is 16.4 Å². The normalized spacial score (nSPS) is 13.4. The van der Waals surface area contributed by atoms with Crippen LogP contribution in [-0.4, -0.2) is 41.4 Å². The maximum Gasteiger partial charge on any atom is 0.410 e. The lowest BCUT2D eigenvalue weighted by atomic mass is 10.0. The van der Waals surface area contributed by atoms with Crippen LogP contribution in [0.4, 0.5) is 9.59 Å². The third-order valence-corrected chi connectivity index (χ3v) is 8.04. The van der Waals surface area contributed by atoms with Crippen molar-refractivity contribution in [3.63, 3.8) is 0 Å². The number of thiophene rings is 2. The summed E-state index contributed by atoms with van der Waals surface area (Å²) in [5.41, 5.74) is 0.926. The Hall–Kier alpha value is -2.88. The number of unbranched alkanes of at least 4 members (excludes halogenated alkanes) is 1. The monoisotopic (exact) mass is 543 g/mol. The summed E-state index contributed by atoms with van der Waals surface area (Å²) in [7, 11) is 0. The molecule has 9 heteroatoms. The van der Waals surface area contributed by atoms with Crippen LogP contribution in [0.25, 0.3) is 0 Å². The Labute approximate surface area is 227 Å². The highest BCUT2D eigenvalue weighted by Crippen LogP contribution is 2.28. The molecular weight excluding hydrogens is 506 g/mol. The van der Waals surface area contributed by atoms with Crippen LogP contribution in [0.5, 0.6) is 0 Å². The lowest BCUT2D eigenvalue weighted by Crippen LogP contribution is -2.46. The van der Waals surface area contributed by atoms with Gasteiger partial charge in [-0.15, -0.1) is 22.7 Å². The maximum absolute atomic E-state index is 13.3. The van der Waals surface area contributed by atoms with E-state index in [1.165, 1.54) is 0 Å². The molecule has 0 aliphatic carbocycles. The Morgan fingerprint density at radius 2 is 1.76 bits per heavy atom. The fraction of sp³-hybridized carbons (Fsp3) is 0.429. The molecule has 0 fully saturated rings. The van der Waals surface area contributed by atoms with Crippen LogP contribution < -0.4 is 10.6 Å². The van der Waals surface area contributed by atoms with Gasteiger partial charge in [-0.05, 0) is 48.2 Å².